The van der Waals surface area contributed by atoms with Crippen LogP contribution >= 0.6 is 27.5 Å². The predicted octanol–water partition coefficient (Wildman–Crippen LogP) is 4.40. The first kappa shape index (κ1) is 22.3. The molecule has 1 heterocycles. The maximum absolute atomic E-state index is 13.0. The van der Waals surface area contributed by atoms with E-state index in [-0.39, 0.29) is 17.9 Å². The minimum Gasteiger partial charge on any atom is -0.477 e. The molecule has 156 valence electrons. The van der Waals surface area contributed by atoms with Gasteiger partial charge in [0.15, 0.2) is 6.61 Å². The van der Waals surface area contributed by atoms with Crippen molar-refractivity contribution in [1.29, 1.82) is 5.26 Å². The molecule has 9 heteroatoms. The van der Waals surface area contributed by atoms with E-state index in [2.05, 4.69) is 27.8 Å². The molecule has 2 aromatic carbocycles. The second-order valence-corrected chi connectivity index (χ2v) is 7.66. The van der Waals surface area contributed by atoms with Crippen molar-refractivity contribution in [3.8, 4) is 11.8 Å². The number of imide groups is 2. The first-order chi connectivity index (χ1) is 14.8. The van der Waals surface area contributed by atoms with Crippen LogP contribution in [0.15, 0.2) is 59.1 Å². The average molecular weight is 501 g/mol. The van der Waals surface area contributed by atoms with Crippen LogP contribution < -0.4 is 15.0 Å². The van der Waals surface area contributed by atoms with Gasteiger partial charge < -0.3 is 4.74 Å². The molecular weight excluding hydrogens is 486 g/mol. The van der Waals surface area contributed by atoms with Crippen LogP contribution in [0.3, 0.4) is 0 Å². The van der Waals surface area contributed by atoms with Gasteiger partial charge in [0, 0.05) is 5.02 Å². The number of barbiturate groups is 1. The van der Waals surface area contributed by atoms with Gasteiger partial charge in [-0.2, -0.15) is 5.26 Å². The number of nitrogens with one attached hydrogen (secondary N) is 1. The molecule has 0 aliphatic carbocycles. The molecule has 0 radical (unpaired) electrons. The van der Waals surface area contributed by atoms with Crippen LogP contribution in [0.4, 0.5) is 10.5 Å². The molecule has 4 amide bonds. The highest BCUT2D eigenvalue weighted by Gasteiger charge is 2.36. The Morgan fingerprint density at radius 1 is 1.23 bits per heavy atom. The van der Waals surface area contributed by atoms with E-state index < -0.39 is 17.8 Å². The zero-order valence-corrected chi connectivity index (χ0v) is 18.4. The summed E-state index contributed by atoms with van der Waals surface area (Å²) in [5.41, 5.74) is 1.30. The molecule has 0 bridgehead atoms. The second-order valence-electron chi connectivity index (χ2n) is 6.36. The Hall–Kier alpha value is -3.41. The van der Waals surface area contributed by atoms with E-state index in [0.717, 1.165) is 4.90 Å². The lowest BCUT2D eigenvalue weighted by atomic mass is 10.0. The number of ether oxygens (including phenoxy) is 1. The number of allylic oxidation sites excluding steroid dienone is 1. The molecule has 1 N–H and O–H groups in total. The van der Waals surface area contributed by atoms with Crippen molar-refractivity contribution >= 4 is 57.1 Å². The number of urea groups is 1. The van der Waals surface area contributed by atoms with Crippen LogP contribution in [0.1, 0.15) is 11.1 Å². The summed E-state index contributed by atoms with van der Waals surface area (Å²) in [6.07, 6.45) is 3.49. The minimum absolute atomic E-state index is 0.137. The summed E-state index contributed by atoms with van der Waals surface area (Å²) in [6, 6.07) is 10.5. The van der Waals surface area contributed by atoms with Gasteiger partial charge in [-0.25, -0.2) is 9.69 Å². The summed E-state index contributed by atoms with van der Waals surface area (Å²) in [7, 11) is 0. The first-order valence-corrected chi connectivity index (χ1v) is 10.1. The third kappa shape index (κ3) is 4.85. The van der Waals surface area contributed by atoms with Gasteiger partial charge in [0.25, 0.3) is 11.8 Å². The van der Waals surface area contributed by atoms with Crippen molar-refractivity contribution in [1.82, 2.24) is 5.32 Å². The van der Waals surface area contributed by atoms with Gasteiger partial charge in [-0.05, 0) is 76.0 Å². The van der Waals surface area contributed by atoms with Gasteiger partial charge in [0.2, 0.25) is 0 Å². The zero-order chi connectivity index (χ0) is 22.5. The number of anilines is 1. The van der Waals surface area contributed by atoms with Crippen LogP contribution in [0.5, 0.6) is 5.75 Å². The van der Waals surface area contributed by atoms with Crippen LogP contribution in [-0.2, 0) is 16.0 Å². The molecule has 1 saturated heterocycles. The highest BCUT2D eigenvalue weighted by molar-refractivity contribution is 9.10. The Bertz CT molecular complexity index is 1150. The molecule has 1 fully saturated rings. The monoisotopic (exact) mass is 499 g/mol. The summed E-state index contributed by atoms with van der Waals surface area (Å²) in [6.45, 7) is 3.57. The molecule has 3 rings (SSSR count). The molecule has 0 saturated carbocycles. The van der Waals surface area contributed by atoms with Crippen molar-refractivity contribution in [3.05, 3.63) is 75.2 Å². The Morgan fingerprint density at radius 3 is 2.58 bits per heavy atom. The van der Waals surface area contributed by atoms with Crippen LogP contribution in [0.25, 0.3) is 6.08 Å². The van der Waals surface area contributed by atoms with Gasteiger partial charge in [0.1, 0.15) is 17.4 Å². The standard InChI is InChI=1S/C22H15BrClN3O4/c1-2-3-14-10-13(12-18(23)19(14)31-9-8-25)11-17-20(28)26-22(30)27(21(17)29)16-6-4-15(24)5-7-16/h2,4-7,10-12H,1,3,9H2,(H,26,28,30)/b17-11+. The highest BCUT2D eigenvalue weighted by atomic mass is 79.9. The summed E-state index contributed by atoms with van der Waals surface area (Å²) < 4.78 is 6.01. The van der Waals surface area contributed by atoms with E-state index in [1.54, 1.807) is 18.2 Å². The number of carbonyl (C=O) groups is 3. The number of carbonyl (C=O) groups excluding carboxylic acids is 3. The topological polar surface area (TPSA) is 99.5 Å². The number of benzene rings is 2. The van der Waals surface area contributed by atoms with Crippen molar-refractivity contribution < 1.29 is 19.1 Å². The largest absolute Gasteiger partial charge is 0.477 e. The third-order valence-corrected chi connectivity index (χ3v) is 5.13. The maximum atomic E-state index is 13.0. The molecule has 1 aliphatic rings. The number of halogens is 2. The molecule has 1 aliphatic heterocycles. The van der Waals surface area contributed by atoms with E-state index >= 15 is 0 Å². The fourth-order valence-corrected chi connectivity index (χ4v) is 3.74. The minimum atomic E-state index is -0.844. The van der Waals surface area contributed by atoms with E-state index in [9.17, 15) is 14.4 Å². The van der Waals surface area contributed by atoms with Crippen molar-refractivity contribution in [2.75, 3.05) is 11.5 Å². The van der Waals surface area contributed by atoms with Gasteiger partial charge in [-0.15, -0.1) is 6.58 Å². The Labute approximate surface area is 191 Å². The lowest BCUT2D eigenvalue weighted by Crippen LogP contribution is -2.54. The van der Waals surface area contributed by atoms with Crippen molar-refractivity contribution in [2.45, 2.75) is 6.42 Å². The van der Waals surface area contributed by atoms with Gasteiger partial charge in [-0.3, -0.25) is 14.9 Å². The molecule has 0 spiro atoms. The predicted molar refractivity (Wildman–Crippen MR) is 120 cm³/mol. The summed E-state index contributed by atoms with van der Waals surface area (Å²) in [5, 5.41) is 11.4. The lowest BCUT2D eigenvalue weighted by Gasteiger charge is -2.26. The Kier molecular flexibility index (Phi) is 6.90. The fourth-order valence-electron chi connectivity index (χ4n) is 2.98. The Balaban J connectivity index is 2.03. The van der Waals surface area contributed by atoms with Gasteiger partial charge >= 0.3 is 6.03 Å². The number of hydrogen-bond acceptors (Lipinski definition) is 5. The van der Waals surface area contributed by atoms with E-state index in [4.69, 9.17) is 21.6 Å². The number of nitriles is 1. The van der Waals surface area contributed by atoms with E-state index in [1.165, 1.54) is 30.3 Å². The van der Waals surface area contributed by atoms with Crippen molar-refractivity contribution in [2.24, 2.45) is 0 Å². The highest BCUT2D eigenvalue weighted by Crippen LogP contribution is 2.33. The molecule has 7 nitrogen and oxygen atoms in total. The molecular formula is C22H15BrClN3O4. The summed E-state index contributed by atoms with van der Waals surface area (Å²) in [4.78, 5) is 38.5. The summed E-state index contributed by atoms with van der Waals surface area (Å²) >= 11 is 9.27. The Morgan fingerprint density at radius 2 is 1.94 bits per heavy atom. The van der Waals surface area contributed by atoms with Crippen LogP contribution in [0, 0.1) is 11.3 Å². The van der Waals surface area contributed by atoms with Gasteiger partial charge in [-0.1, -0.05) is 17.7 Å². The molecule has 2 aromatic rings. The normalized spacial score (nSPS) is 14.9. The fraction of sp³-hybridized carbons (Fsp3) is 0.0909. The number of amides is 4. The van der Waals surface area contributed by atoms with E-state index in [1.807, 2.05) is 6.07 Å². The smallest absolute Gasteiger partial charge is 0.335 e. The number of hydrogen-bond donors (Lipinski definition) is 1. The molecule has 0 unspecified atom stereocenters. The van der Waals surface area contributed by atoms with Crippen molar-refractivity contribution in [3.63, 3.8) is 0 Å². The number of nitrogens with zero attached hydrogens (tertiary/aromatic N) is 2. The second kappa shape index (κ2) is 9.60. The maximum Gasteiger partial charge on any atom is 0.335 e. The van der Waals surface area contributed by atoms with Gasteiger partial charge in [0.05, 0.1) is 10.2 Å². The average Bonchev–Trinajstić information content (AvgIpc) is 2.72. The third-order valence-electron chi connectivity index (χ3n) is 4.29. The van der Waals surface area contributed by atoms with E-state index in [0.29, 0.717) is 32.8 Å². The zero-order valence-electron chi connectivity index (χ0n) is 16.0. The molecule has 0 aromatic heterocycles. The molecule has 0 atom stereocenters. The number of rotatable bonds is 6. The SMILES string of the molecule is C=CCc1cc(/C=C2\C(=O)NC(=O)N(c3ccc(Cl)cc3)C2=O)cc(Br)c1OCC#N. The molecule has 31 heavy (non-hydrogen) atoms. The van der Waals surface area contributed by atoms with Crippen LogP contribution in [-0.4, -0.2) is 24.5 Å². The van der Waals surface area contributed by atoms with Crippen LogP contribution in [0.2, 0.25) is 5.02 Å². The lowest BCUT2D eigenvalue weighted by molar-refractivity contribution is -0.122. The summed E-state index contributed by atoms with van der Waals surface area (Å²) in [5.74, 6) is -1.09. The quantitative estimate of drug-likeness (QED) is 0.360. The first-order valence-electron chi connectivity index (χ1n) is 8.95.